The van der Waals surface area contributed by atoms with Crippen LogP contribution in [0, 0.1) is 0 Å². The van der Waals surface area contributed by atoms with Crippen LogP contribution in [0.4, 0.5) is 0 Å². The molecule has 0 radical (unpaired) electrons. The first-order chi connectivity index (χ1) is 6.41. The fraction of sp³-hybridized carbons (Fsp3) is 0.429. The average Bonchev–Trinajstić information content (AvgIpc) is 1.98. The lowest BCUT2D eigenvalue weighted by Gasteiger charge is -2.24. The van der Waals surface area contributed by atoms with Crippen LogP contribution in [0.25, 0.3) is 0 Å². The molecule has 1 aliphatic heterocycles. The van der Waals surface area contributed by atoms with E-state index in [0.29, 0.717) is 0 Å². The molecule has 0 aliphatic carbocycles. The SMILES string of the molecule is CN(C)C=NC1(Cl)C=C(Cl)N=C(N)N1. The highest BCUT2D eigenvalue weighted by molar-refractivity contribution is 6.33. The molecule has 1 heterocycles. The smallest absolute Gasteiger partial charge is 0.232 e. The van der Waals surface area contributed by atoms with Gasteiger partial charge in [-0.1, -0.05) is 23.2 Å². The summed E-state index contributed by atoms with van der Waals surface area (Å²) in [6.07, 6.45) is 3.02. The number of guanidine groups is 1. The second-order valence-corrected chi connectivity index (χ2v) is 3.93. The van der Waals surface area contributed by atoms with E-state index in [1.54, 1.807) is 11.2 Å². The van der Waals surface area contributed by atoms with Gasteiger partial charge in [-0.2, -0.15) is 0 Å². The third-order valence-electron chi connectivity index (χ3n) is 1.32. The van der Waals surface area contributed by atoms with Crippen molar-refractivity contribution in [3.63, 3.8) is 0 Å². The molecule has 1 atom stereocenters. The van der Waals surface area contributed by atoms with E-state index in [0.717, 1.165) is 0 Å². The van der Waals surface area contributed by atoms with Crippen LogP contribution in [0.15, 0.2) is 21.2 Å². The molecule has 0 spiro atoms. The van der Waals surface area contributed by atoms with Crippen molar-refractivity contribution in [1.29, 1.82) is 0 Å². The standard InChI is InChI=1S/C7H11Cl2N5/c1-14(2)4-11-7(9)3-5(8)12-6(10)13-7/h3-4H,1-2H3,(H3,10,12,13). The molecule has 3 N–H and O–H groups in total. The van der Waals surface area contributed by atoms with Crippen LogP contribution in [0.2, 0.25) is 0 Å². The van der Waals surface area contributed by atoms with Gasteiger partial charge < -0.3 is 16.0 Å². The minimum absolute atomic E-state index is 0.142. The molecule has 0 amide bonds. The molecule has 7 heteroatoms. The molecule has 78 valence electrons. The number of aliphatic imine (C=N–C) groups is 2. The summed E-state index contributed by atoms with van der Waals surface area (Å²) in [7, 11) is 3.66. The Morgan fingerprint density at radius 2 is 2.36 bits per heavy atom. The fourth-order valence-electron chi connectivity index (χ4n) is 0.818. The summed E-state index contributed by atoms with van der Waals surface area (Å²) in [5.41, 5.74) is 5.45. The Kier molecular flexibility index (Phi) is 3.23. The number of hydrogen-bond donors (Lipinski definition) is 2. The highest BCUT2D eigenvalue weighted by Gasteiger charge is 2.27. The van der Waals surface area contributed by atoms with Crippen LogP contribution in [-0.2, 0) is 0 Å². The Balaban J connectivity index is 2.82. The molecule has 1 unspecified atom stereocenters. The fourth-order valence-corrected chi connectivity index (χ4v) is 1.37. The molecule has 1 rings (SSSR count). The van der Waals surface area contributed by atoms with Crippen LogP contribution >= 0.6 is 23.2 Å². The van der Waals surface area contributed by atoms with Crippen LogP contribution in [0.3, 0.4) is 0 Å². The van der Waals surface area contributed by atoms with Crippen molar-refractivity contribution in [3.05, 3.63) is 11.2 Å². The van der Waals surface area contributed by atoms with Gasteiger partial charge in [0.2, 0.25) is 5.12 Å². The first-order valence-electron chi connectivity index (χ1n) is 3.83. The van der Waals surface area contributed by atoms with E-state index in [9.17, 15) is 0 Å². The maximum Gasteiger partial charge on any atom is 0.232 e. The molecule has 0 fully saturated rings. The number of nitrogens with two attached hydrogens (primary N) is 1. The summed E-state index contributed by atoms with van der Waals surface area (Å²) in [5, 5.41) is 1.76. The minimum Gasteiger partial charge on any atom is -0.370 e. The van der Waals surface area contributed by atoms with Gasteiger partial charge in [0, 0.05) is 20.2 Å². The normalized spacial score (nSPS) is 26.9. The number of rotatable bonds is 2. The molecular formula is C7H11Cl2N5. The number of halogens is 2. The van der Waals surface area contributed by atoms with Crippen LogP contribution < -0.4 is 11.1 Å². The summed E-state index contributed by atoms with van der Waals surface area (Å²) < 4.78 is 0. The van der Waals surface area contributed by atoms with E-state index >= 15 is 0 Å². The predicted molar refractivity (Wildman–Crippen MR) is 59.5 cm³/mol. The summed E-state index contributed by atoms with van der Waals surface area (Å²) in [4.78, 5) is 9.54. The summed E-state index contributed by atoms with van der Waals surface area (Å²) in [5.74, 6) is 0.142. The Bertz CT molecular complexity index is 309. The number of nitrogens with one attached hydrogen (secondary N) is 1. The molecule has 14 heavy (non-hydrogen) atoms. The summed E-state index contributed by atoms with van der Waals surface area (Å²) in [6, 6.07) is 0. The molecule has 0 aromatic carbocycles. The average molecular weight is 236 g/mol. The lowest BCUT2D eigenvalue weighted by Crippen LogP contribution is -2.47. The van der Waals surface area contributed by atoms with Crippen molar-refractivity contribution in [3.8, 4) is 0 Å². The summed E-state index contributed by atoms with van der Waals surface area (Å²) >= 11 is 11.7. The minimum atomic E-state index is -1.15. The van der Waals surface area contributed by atoms with Gasteiger partial charge >= 0.3 is 0 Å². The zero-order valence-corrected chi connectivity index (χ0v) is 9.34. The first-order valence-corrected chi connectivity index (χ1v) is 4.58. The third kappa shape index (κ3) is 3.08. The van der Waals surface area contributed by atoms with Gasteiger partial charge in [-0.3, -0.25) is 0 Å². The largest absolute Gasteiger partial charge is 0.370 e. The molecule has 0 aromatic rings. The topological polar surface area (TPSA) is 66.0 Å². The Hall–Kier alpha value is -0.940. The van der Waals surface area contributed by atoms with E-state index < -0.39 is 5.12 Å². The van der Waals surface area contributed by atoms with Crippen molar-refractivity contribution in [1.82, 2.24) is 10.2 Å². The Morgan fingerprint density at radius 1 is 1.71 bits per heavy atom. The molecule has 0 bridgehead atoms. The second kappa shape index (κ2) is 4.06. The number of nitrogens with zero attached hydrogens (tertiary/aromatic N) is 3. The molecule has 1 aliphatic rings. The van der Waals surface area contributed by atoms with Gasteiger partial charge in [0.15, 0.2) is 5.96 Å². The Labute approximate surface area is 92.3 Å². The highest BCUT2D eigenvalue weighted by atomic mass is 35.5. The lowest BCUT2D eigenvalue weighted by atomic mass is 10.4. The van der Waals surface area contributed by atoms with Crippen molar-refractivity contribution >= 4 is 35.5 Å². The molecule has 0 saturated heterocycles. The van der Waals surface area contributed by atoms with Crippen LogP contribution in [0.5, 0.6) is 0 Å². The van der Waals surface area contributed by atoms with E-state index in [1.807, 2.05) is 14.1 Å². The van der Waals surface area contributed by atoms with Gasteiger partial charge in [0.1, 0.15) is 5.16 Å². The number of alkyl halides is 1. The van der Waals surface area contributed by atoms with Gasteiger partial charge in [-0.25, -0.2) is 9.98 Å². The quantitative estimate of drug-likeness (QED) is 0.317. The number of hydrogen-bond acceptors (Lipinski definition) is 4. The van der Waals surface area contributed by atoms with Crippen molar-refractivity contribution < 1.29 is 0 Å². The second-order valence-electron chi connectivity index (χ2n) is 2.97. The third-order valence-corrected chi connectivity index (χ3v) is 1.81. The molecule has 0 saturated carbocycles. The first kappa shape index (κ1) is 11.1. The van der Waals surface area contributed by atoms with Crippen LogP contribution in [0.1, 0.15) is 0 Å². The summed E-state index contributed by atoms with van der Waals surface area (Å²) in [6.45, 7) is 0. The van der Waals surface area contributed by atoms with Gasteiger partial charge in [0.25, 0.3) is 0 Å². The predicted octanol–water partition coefficient (Wildman–Crippen LogP) is 0.467. The maximum absolute atomic E-state index is 6.05. The van der Waals surface area contributed by atoms with E-state index in [1.165, 1.54) is 6.08 Å². The monoisotopic (exact) mass is 235 g/mol. The van der Waals surface area contributed by atoms with Crippen molar-refractivity contribution in [2.45, 2.75) is 5.12 Å². The van der Waals surface area contributed by atoms with Gasteiger partial charge in [-0.15, -0.1) is 0 Å². The lowest BCUT2D eigenvalue weighted by molar-refractivity contribution is 0.610. The van der Waals surface area contributed by atoms with Crippen molar-refractivity contribution in [2.24, 2.45) is 15.7 Å². The van der Waals surface area contributed by atoms with Crippen molar-refractivity contribution in [2.75, 3.05) is 14.1 Å². The zero-order chi connectivity index (χ0) is 10.8. The van der Waals surface area contributed by atoms with E-state index in [4.69, 9.17) is 28.9 Å². The van der Waals surface area contributed by atoms with E-state index in [2.05, 4.69) is 15.3 Å². The van der Waals surface area contributed by atoms with E-state index in [-0.39, 0.29) is 11.1 Å². The Morgan fingerprint density at radius 3 is 2.86 bits per heavy atom. The van der Waals surface area contributed by atoms with Gasteiger partial charge in [0.05, 0.1) is 6.34 Å². The molecular weight excluding hydrogens is 225 g/mol. The maximum atomic E-state index is 6.05. The van der Waals surface area contributed by atoms with Crippen LogP contribution in [-0.4, -0.2) is 36.4 Å². The van der Waals surface area contributed by atoms with Gasteiger partial charge in [-0.05, 0) is 0 Å². The highest BCUT2D eigenvalue weighted by Crippen LogP contribution is 2.22. The molecule has 5 nitrogen and oxygen atoms in total. The molecule has 0 aromatic heterocycles. The zero-order valence-electron chi connectivity index (χ0n) is 7.83.